The van der Waals surface area contributed by atoms with E-state index in [9.17, 15) is 0 Å². The van der Waals surface area contributed by atoms with Crippen LogP contribution in [0.15, 0.2) is 12.3 Å². The van der Waals surface area contributed by atoms with Crippen molar-refractivity contribution in [2.24, 2.45) is 5.73 Å². The number of hydrogen-bond acceptors (Lipinski definition) is 5. The van der Waals surface area contributed by atoms with Crippen molar-refractivity contribution in [2.45, 2.75) is 25.4 Å². The SMILES string of the molecule is Cc1cnc(N)c(C(N)CC2CN(C)CCN2C)c1. The fraction of sp³-hybridized carbons (Fsp3) is 0.643. The van der Waals surface area contributed by atoms with E-state index >= 15 is 0 Å². The number of piperazine rings is 1. The van der Waals surface area contributed by atoms with Crippen molar-refractivity contribution in [3.05, 3.63) is 23.4 Å². The van der Waals surface area contributed by atoms with Crippen LogP contribution in [0.5, 0.6) is 0 Å². The third-order valence-corrected chi connectivity index (χ3v) is 3.99. The van der Waals surface area contributed by atoms with Gasteiger partial charge in [-0.1, -0.05) is 0 Å². The number of nitrogens with zero attached hydrogens (tertiary/aromatic N) is 3. The molecule has 1 aliphatic heterocycles. The van der Waals surface area contributed by atoms with Gasteiger partial charge in [-0.15, -0.1) is 0 Å². The van der Waals surface area contributed by atoms with E-state index < -0.39 is 0 Å². The zero-order chi connectivity index (χ0) is 14.0. The fourth-order valence-corrected chi connectivity index (χ4v) is 2.68. The van der Waals surface area contributed by atoms with E-state index in [0.717, 1.165) is 37.2 Å². The van der Waals surface area contributed by atoms with Gasteiger partial charge in [-0.2, -0.15) is 0 Å². The summed E-state index contributed by atoms with van der Waals surface area (Å²) < 4.78 is 0. The fourth-order valence-electron chi connectivity index (χ4n) is 2.68. The molecule has 106 valence electrons. The van der Waals surface area contributed by atoms with Gasteiger partial charge in [-0.3, -0.25) is 0 Å². The molecule has 2 heterocycles. The number of aromatic nitrogens is 1. The molecule has 0 aromatic carbocycles. The van der Waals surface area contributed by atoms with Crippen LogP contribution in [0.25, 0.3) is 0 Å². The Morgan fingerprint density at radius 3 is 2.89 bits per heavy atom. The number of hydrogen-bond donors (Lipinski definition) is 2. The maximum absolute atomic E-state index is 6.34. The molecule has 0 bridgehead atoms. The summed E-state index contributed by atoms with van der Waals surface area (Å²) in [7, 11) is 4.33. The first-order valence-electron chi connectivity index (χ1n) is 6.83. The lowest BCUT2D eigenvalue weighted by molar-refractivity contribution is 0.104. The largest absolute Gasteiger partial charge is 0.383 e. The molecule has 1 aliphatic rings. The molecule has 2 unspecified atom stereocenters. The van der Waals surface area contributed by atoms with Crippen LogP contribution in [0.1, 0.15) is 23.6 Å². The van der Waals surface area contributed by atoms with Crippen molar-refractivity contribution < 1.29 is 0 Å². The van der Waals surface area contributed by atoms with Gasteiger partial charge in [0.1, 0.15) is 5.82 Å². The van der Waals surface area contributed by atoms with Gasteiger partial charge in [0.2, 0.25) is 0 Å². The average molecular weight is 263 g/mol. The molecule has 1 aromatic rings. The van der Waals surface area contributed by atoms with Gasteiger partial charge in [0.25, 0.3) is 0 Å². The van der Waals surface area contributed by atoms with Gasteiger partial charge in [0.05, 0.1) is 0 Å². The molecule has 0 saturated carbocycles. The van der Waals surface area contributed by atoms with Crippen molar-refractivity contribution in [3.8, 4) is 0 Å². The Kier molecular flexibility index (Phi) is 4.39. The third kappa shape index (κ3) is 3.43. The minimum atomic E-state index is -0.0497. The molecule has 5 heteroatoms. The molecule has 2 atom stereocenters. The minimum absolute atomic E-state index is 0.0497. The standard InChI is InChI=1S/C14H25N5/c1-10-6-12(14(16)17-8-10)13(15)7-11-9-18(2)4-5-19(11)3/h6,8,11,13H,4-5,7,9,15H2,1-3H3,(H2,16,17). The molecular formula is C14H25N5. The molecular weight excluding hydrogens is 238 g/mol. The van der Waals surface area contributed by atoms with E-state index in [1.165, 1.54) is 0 Å². The molecule has 2 rings (SSSR count). The van der Waals surface area contributed by atoms with Crippen LogP contribution in [0, 0.1) is 6.92 Å². The maximum Gasteiger partial charge on any atom is 0.128 e. The number of aryl methyl sites for hydroxylation is 1. The molecule has 1 fully saturated rings. The first-order chi connectivity index (χ1) is 8.97. The van der Waals surface area contributed by atoms with E-state index in [2.05, 4.69) is 34.9 Å². The minimum Gasteiger partial charge on any atom is -0.383 e. The summed E-state index contributed by atoms with van der Waals surface area (Å²) in [4.78, 5) is 8.95. The smallest absolute Gasteiger partial charge is 0.128 e. The molecule has 0 spiro atoms. The lowest BCUT2D eigenvalue weighted by atomic mass is 9.97. The van der Waals surface area contributed by atoms with E-state index in [-0.39, 0.29) is 6.04 Å². The highest BCUT2D eigenvalue weighted by Crippen LogP contribution is 2.24. The van der Waals surface area contributed by atoms with Crippen molar-refractivity contribution in [1.82, 2.24) is 14.8 Å². The Balaban J connectivity index is 2.07. The molecule has 0 amide bonds. The zero-order valence-corrected chi connectivity index (χ0v) is 12.1. The summed E-state index contributed by atoms with van der Waals surface area (Å²) in [5, 5.41) is 0. The third-order valence-electron chi connectivity index (χ3n) is 3.99. The Labute approximate surface area is 115 Å². The first-order valence-corrected chi connectivity index (χ1v) is 6.83. The quantitative estimate of drug-likeness (QED) is 0.836. The second-order valence-electron chi connectivity index (χ2n) is 5.73. The number of nitrogen functional groups attached to an aromatic ring is 1. The normalized spacial score (nSPS) is 23.5. The molecule has 4 N–H and O–H groups in total. The lowest BCUT2D eigenvalue weighted by Crippen LogP contribution is -2.50. The summed E-state index contributed by atoms with van der Waals surface area (Å²) in [6, 6.07) is 2.49. The molecule has 19 heavy (non-hydrogen) atoms. The van der Waals surface area contributed by atoms with Gasteiger partial charge in [0.15, 0.2) is 0 Å². The summed E-state index contributed by atoms with van der Waals surface area (Å²) in [6.07, 6.45) is 2.70. The Bertz CT molecular complexity index is 434. The van der Waals surface area contributed by atoms with Crippen LogP contribution < -0.4 is 11.5 Å². The monoisotopic (exact) mass is 263 g/mol. The highest BCUT2D eigenvalue weighted by atomic mass is 15.3. The molecule has 1 aromatic heterocycles. The summed E-state index contributed by atoms with van der Waals surface area (Å²) in [5.41, 5.74) is 14.4. The van der Waals surface area contributed by atoms with Gasteiger partial charge in [-0.25, -0.2) is 4.98 Å². The van der Waals surface area contributed by atoms with Gasteiger partial charge >= 0.3 is 0 Å². The number of rotatable bonds is 3. The van der Waals surface area contributed by atoms with Crippen LogP contribution in [-0.2, 0) is 0 Å². The van der Waals surface area contributed by atoms with Gasteiger partial charge in [0, 0.05) is 43.5 Å². The topological polar surface area (TPSA) is 71.4 Å². The summed E-state index contributed by atoms with van der Waals surface area (Å²) in [5.74, 6) is 0.560. The molecule has 0 radical (unpaired) electrons. The van der Waals surface area contributed by atoms with Crippen LogP contribution in [0.3, 0.4) is 0 Å². The molecule has 5 nitrogen and oxygen atoms in total. The molecule has 1 saturated heterocycles. The molecule has 0 aliphatic carbocycles. The van der Waals surface area contributed by atoms with E-state index in [0.29, 0.717) is 11.9 Å². The van der Waals surface area contributed by atoms with Gasteiger partial charge < -0.3 is 21.3 Å². The maximum atomic E-state index is 6.34. The summed E-state index contributed by atoms with van der Waals surface area (Å²) in [6.45, 7) is 5.29. The second kappa shape index (κ2) is 5.86. The van der Waals surface area contributed by atoms with E-state index in [1.807, 2.05) is 6.92 Å². The van der Waals surface area contributed by atoms with Crippen LogP contribution >= 0.6 is 0 Å². The van der Waals surface area contributed by atoms with Gasteiger partial charge in [-0.05, 0) is 39.1 Å². The van der Waals surface area contributed by atoms with Crippen LogP contribution in [-0.4, -0.2) is 54.6 Å². The van der Waals surface area contributed by atoms with Crippen molar-refractivity contribution in [2.75, 3.05) is 39.5 Å². The van der Waals surface area contributed by atoms with Crippen LogP contribution in [0.2, 0.25) is 0 Å². The Morgan fingerprint density at radius 2 is 2.16 bits per heavy atom. The predicted molar refractivity (Wildman–Crippen MR) is 78.8 cm³/mol. The second-order valence-corrected chi connectivity index (χ2v) is 5.73. The Hall–Kier alpha value is -1.17. The number of anilines is 1. The summed E-state index contributed by atoms with van der Waals surface area (Å²) >= 11 is 0. The van der Waals surface area contributed by atoms with Crippen LogP contribution in [0.4, 0.5) is 5.82 Å². The highest BCUT2D eigenvalue weighted by molar-refractivity contribution is 5.42. The van der Waals surface area contributed by atoms with E-state index in [4.69, 9.17) is 11.5 Å². The average Bonchev–Trinajstić information content (AvgIpc) is 2.36. The predicted octanol–water partition coefficient (Wildman–Crippen LogP) is 0.608. The Morgan fingerprint density at radius 1 is 1.42 bits per heavy atom. The van der Waals surface area contributed by atoms with Crippen molar-refractivity contribution in [1.29, 1.82) is 0 Å². The number of nitrogens with two attached hydrogens (primary N) is 2. The van der Waals surface area contributed by atoms with Crippen molar-refractivity contribution >= 4 is 5.82 Å². The zero-order valence-electron chi connectivity index (χ0n) is 12.1. The van der Waals surface area contributed by atoms with E-state index in [1.54, 1.807) is 6.20 Å². The van der Waals surface area contributed by atoms with Crippen molar-refractivity contribution in [3.63, 3.8) is 0 Å². The number of pyridine rings is 1. The lowest BCUT2D eigenvalue weighted by Gasteiger charge is -2.39. The first kappa shape index (κ1) is 14.2. The number of likely N-dealkylation sites (N-methyl/N-ethyl adjacent to an activating group) is 2. The highest BCUT2D eigenvalue weighted by Gasteiger charge is 2.25.